The lowest BCUT2D eigenvalue weighted by molar-refractivity contribution is -0.116. The van der Waals surface area contributed by atoms with Crippen molar-refractivity contribution in [3.05, 3.63) is 23.4 Å². The van der Waals surface area contributed by atoms with Gasteiger partial charge in [-0.05, 0) is 30.7 Å². The monoisotopic (exact) mass is 236 g/mol. The summed E-state index contributed by atoms with van der Waals surface area (Å²) in [6.07, 6.45) is 1.82. The fourth-order valence-corrected chi connectivity index (χ4v) is 1.70. The second-order valence-electron chi connectivity index (χ2n) is 4.09. The van der Waals surface area contributed by atoms with Crippen molar-refractivity contribution in [1.82, 2.24) is 10.3 Å². The van der Waals surface area contributed by atoms with Crippen molar-refractivity contribution in [3.8, 4) is 0 Å². The minimum Gasteiger partial charge on any atom is -0.368 e. The van der Waals surface area contributed by atoms with Gasteiger partial charge < -0.3 is 16.0 Å². The lowest BCUT2D eigenvalue weighted by Gasteiger charge is -2.18. The van der Waals surface area contributed by atoms with E-state index in [4.69, 9.17) is 5.73 Å². The highest BCUT2D eigenvalue weighted by Crippen LogP contribution is 2.16. The lowest BCUT2D eigenvalue weighted by atomic mass is 10.2. The molecule has 1 aromatic heterocycles. The van der Waals surface area contributed by atoms with Gasteiger partial charge in [0.15, 0.2) is 0 Å². The van der Waals surface area contributed by atoms with Gasteiger partial charge in [0.05, 0.1) is 6.54 Å². The quantitative estimate of drug-likeness (QED) is 0.751. The molecule has 0 radical (unpaired) electrons. The van der Waals surface area contributed by atoms with E-state index in [-0.39, 0.29) is 12.5 Å². The number of carbonyl (C=O) groups is 1. The molecule has 1 rings (SSSR count). The third kappa shape index (κ3) is 4.03. The number of anilines is 1. The molecule has 5 heteroatoms. The van der Waals surface area contributed by atoms with E-state index in [1.165, 1.54) is 0 Å². The van der Waals surface area contributed by atoms with Gasteiger partial charge in [-0.1, -0.05) is 6.92 Å². The van der Waals surface area contributed by atoms with Crippen molar-refractivity contribution >= 4 is 11.7 Å². The molecule has 0 aliphatic heterocycles. The van der Waals surface area contributed by atoms with Gasteiger partial charge >= 0.3 is 0 Å². The first-order valence-electron chi connectivity index (χ1n) is 5.70. The van der Waals surface area contributed by atoms with Crippen LogP contribution >= 0.6 is 0 Å². The number of aromatic nitrogens is 1. The fourth-order valence-electron chi connectivity index (χ4n) is 1.70. The average molecular weight is 236 g/mol. The van der Waals surface area contributed by atoms with Crippen molar-refractivity contribution in [3.63, 3.8) is 0 Å². The highest BCUT2D eigenvalue weighted by atomic mass is 16.1. The first-order valence-corrected chi connectivity index (χ1v) is 5.70. The summed E-state index contributed by atoms with van der Waals surface area (Å²) in [5, 5.41) is 3.24. The summed E-state index contributed by atoms with van der Waals surface area (Å²) in [5.41, 5.74) is 7.34. The number of hydrogen-bond donors (Lipinski definition) is 2. The van der Waals surface area contributed by atoms with Crippen LogP contribution < -0.4 is 16.0 Å². The molecule has 0 saturated carbocycles. The molecule has 3 N–H and O–H groups in total. The number of aryl methyl sites for hydroxylation is 1. The molecule has 0 unspecified atom stereocenters. The number of rotatable bonds is 6. The summed E-state index contributed by atoms with van der Waals surface area (Å²) in [5.74, 6) is 0.439. The normalized spacial score (nSPS) is 10.3. The number of likely N-dealkylation sites (N-methyl/N-ethyl adjacent to an activating group) is 1. The highest BCUT2D eigenvalue weighted by molar-refractivity contribution is 5.79. The lowest BCUT2D eigenvalue weighted by Crippen LogP contribution is -2.31. The van der Waals surface area contributed by atoms with Gasteiger partial charge in [0.2, 0.25) is 5.91 Å². The Kier molecular flexibility index (Phi) is 4.90. The van der Waals surface area contributed by atoms with Crippen LogP contribution in [0.1, 0.15) is 18.1 Å². The first-order chi connectivity index (χ1) is 8.04. The SMILES string of the molecule is CCNCc1cnc(N(C)CC(N)=O)c(C)c1. The van der Waals surface area contributed by atoms with E-state index in [1.807, 2.05) is 20.2 Å². The highest BCUT2D eigenvalue weighted by Gasteiger charge is 2.09. The summed E-state index contributed by atoms with van der Waals surface area (Å²) < 4.78 is 0. The molecule has 94 valence electrons. The van der Waals surface area contributed by atoms with Crippen molar-refractivity contribution in [2.24, 2.45) is 5.73 Å². The standard InChI is InChI=1S/C12H20N4O/c1-4-14-6-10-5-9(2)12(15-7-10)16(3)8-11(13)17/h5,7,14H,4,6,8H2,1-3H3,(H2,13,17). The van der Waals surface area contributed by atoms with Crippen LogP contribution in [-0.2, 0) is 11.3 Å². The maximum Gasteiger partial charge on any atom is 0.236 e. The molecule has 0 saturated heterocycles. The Balaban J connectivity index is 2.78. The second-order valence-corrected chi connectivity index (χ2v) is 4.09. The molecule has 0 fully saturated rings. The second kappa shape index (κ2) is 6.20. The Bertz CT molecular complexity index is 392. The third-order valence-corrected chi connectivity index (χ3v) is 2.44. The number of primary amides is 1. The number of nitrogens with two attached hydrogens (primary N) is 1. The fraction of sp³-hybridized carbons (Fsp3) is 0.500. The molecular formula is C12H20N4O. The molecule has 0 atom stereocenters. The van der Waals surface area contributed by atoms with Gasteiger partial charge in [-0.2, -0.15) is 0 Å². The minimum absolute atomic E-state index is 0.181. The maximum absolute atomic E-state index is 10.8. The summed E-state index contributed by atoms with van der Waals surface area (Å²) in [6.45, 7) is 5.97. The molecule has 17 heavy (non-hydrogen) atoms. The van der Waals surface area contributed by atoms with Crippen molar-refractivity contribution < 1.29 is 4.79 Å². The Hall–Kier alpha value is -1.62. The van der Waals surface area contributed by atoms with Gasteiger partial charge in [-0.3, -0.25) is 4.79 Å². The molecule has 0 aromatic carbocycles. The molecule has 1 aromatic rings. The molecule has 0 bridgehead atoms. The number of carbonyl (C=O) groups excluding carboxylic acids is 1. The Morgan fingerprint density at radius 1 is 1.59 bits per heavy atom. The Labute approximate surface area is 102 Å². The number of pyridine rings is 1. The van der Waals surface area contributed by atoms with Crippen molar-refractivity contribution in [2.45, 2.75) is 20.4 Å². The van der Waals surface area contributed by atoms with Gasteiger partial charge in [-0.25, -0.2) is 4.98 Å². The van der Waals surface area contributed by atoms with Gasteiger partial charge in [0.25, 0.3) is 0 Å². The summed E-state index contributed by atoms with van der Waals surface area (Å²) in [4.78, 5) is 17.0. The predicted octanol–water partition coefficient (Wildman–Crippen LogP) is 0.421. The van der Waals surface area contributed by atoms with Gasteiger partial charge in [0.1, 0.15) is 5.82 Å². The van der Waals surface area contributed by atoms with Gasteiger partial charge in [-0.15, -0.1) is 0 Å². The average Bonchev–Trinajstić information content (AvgIpc) is 2.25. The molecule has 1 amide bonds. The first kappa shape index (κ1) is 13.4. The van der Waals surface area contributed by atoms with E-state index >= 15 is 0 Å². The van der Waals surface area contributed by atoms with Crippen molar-refractivity contribution in [2.75, 3.05) is 25.0 Å². The number of nitrogens with one attached hydrogen (secondary N) is 1. The number of hydrogen-bond acceptors (Lipinski definition) is 4. The van der Waals surface area contributed by atoms with Crippen LogP contribution in [0, 0.1) is 6.92 Å². The van der Waals surface area contributed by atoms with Crippen LogP contribution in [0.25, 0.3) is 0 Å². The maximum atomic E-state index is 10.8. The summed E-state index contributed by atoms with van der Waals surface area (Å²) >= 11 is 0. The zero-order chi connectivity index (χ0) is 12.8. The van der Waals surface area contributed by atoms with E-state index in [9.17, 15) is 4.79 Å². The van der Waals surface area contributed by atoms with E-state index in [1.54, 1.807) is 4.90 Å². The van der Waals surface area contributed by atoms with E-state index in [0.29, 0.717) is 0 Å². The van der Waals surface area contributed by atoms with Crippen LogP contribution in [0.3, 0.4) is 0 Å². The smallest absolute Gasteiger partial charge is 0.236 e. The Morgan fingerprint density at radius 2 is 2.29 bits per heavy atom. The van der Waals surface area contributed by atoms with Crippen LogP contribution in [0.15, 0.2) is 12.3 Å². The third-order valence-electron chi connectivity index (χ3n) is 2.44. The van der Waals surface area contributed by atoms with E-state index in [0.717, 1.165) is 30.0 Å². The summed E-state index contributed by atoms with van der Waals surface area (Å²) in [6, 6.07) is 2.07. The topological polar surface area (TPSA) is 71.2 Å². The largest absolute Gasteiger partial charge is 0.368 e. The molecule has 0 aliphatic rings. The van der Waals surface area contributed by atoms with Crippen LogP contribution in [0.5, 0.6) is 0 Å². The molecule has 0 spiro atoms. The zero-order valence-electron chi connectivity index (χ0n) is 10.7. The molecule has 0 aliphatic carbocycles. The van der Waals surface area contributed by atoms with E-state index < -0.39 is 0 Å². The molecule has 1 heterocycles. The van der Waals surface area contributed by atoms with Gasteiger partial charge in [0, 0.05) is 19.8 Å². The van der Waals surface area contributed by atoms with E-state index in [2.05, 4.69) is 23.3 Å². The van der Waals surface area contributed by atoms with Crippen molar-refractivity contribution in [1.29, 1.82) is 0 Å². The molecular weight excluding hydrogens is 216 g/mol. The zero-order valence-corrected chi connectivity index (χ0v) is 10.7. The summed E-state index contributed by atoms with van der Waals surface area (Å²) in [7, 11) is 1.81. The Morgan fingerprint density at radius 3 is 2.82 bits per heavy atom. The van der Waals surface area contributed by atoms with Crippen LogP contribution in [-0.4, -0.2) is 31.0 Å². The molecule has 5 nitrogen and oxygen atoms in total. The number of nitrogens with zero attached hydrogens (tertiary/aromatic N) is 2. The predicted molar refractivity (Wildman–Crippen MR) is 68.8 cm³/mol. The van der Waals surface area contributed by atoms with Crippen LogP contribution in [0.2, 0.25) is 0 Å². The number of amides is 1. The van der Waals surface area contributed by atoms with Crippen LogP contribution in [0.4, 0.5) is 5.82 Å². The minimum atomic E-state index is -0.356.